The lowest BCUT2D eigenvalue weighted by atomic mass is 10.1. The summed E-state index contributed by atoms with van der Waals surface area (Å²) in [5.41, 5.74) is 0.805. The molecular weight excluding hydrogens is 407 g/mol. The molecule has 0 aliphatic rings. The third kappa shape index (κ3) is 4.35. The molecule has 1 unspecified atom stereocenters. The van der Waals surface area contributed by atoms with Crippen LogP contribution in [0.5, 0.6) is 0 Å². The molecule has 0 fully saturated rings. The number of furan rings is 1. The Morgan fingerprint density at radius 2 is 1.96 bits per heavy atom. The van der Waals surface area contributed by atoms with Crippen LogP contribution in [0.2, 0.25) is 10.0 Å². The van der Waals surface area contributed by atoms with Crippen molar-refractivity contribution < 1.29 is 14.0 Å². The molecule has 8 heteroatoms. The van der Waals surface area contributed by atoms with Gasteiger partial charge in [-0.05, 0) is 48.9 Å². The van der Waals surface area contributed by atoms with Gasteiger partial charge in [0.2, 0.25) is 0 Å². The Kier molecular flexibility index (Phi) is 5.89. The number of rotatable bonds is 5. The molecule has 2 aromatic heterocycles. The van der Waals surface area contributed by atoms with Gasteiger partial charge >= 0.3 is 0 Å². The van der Waals surface area contributed by atoms with Crippen LogP contribution in [0.25, 0.3) is 0 Å². The minimum atomic E-state index is -0.365. The number of nitrogens with one attached hydrogen (secondary N) is 1. The predicted octanol–water partition coefficient (Wildman–Crippen LogP) is 5.73. The van der Waals surface area contributed by atoms with Gasteiger partial charge in [0.25, 0.3) is 11.8 Å². The van der Waals surface area contributed by atoms with Gasteiger partial charge in [-0.1, -0.05) is 29.3 Å². The van der Waals surface area contributed by atoms with E-state index in [-0.39, 0.29) is 23.6 Å². The van der Waals surface area contributed by atoms with Gasteiger partial charge in [-0.15, -0.1) is 11.3 Å². The van der Waals surface area contributed by atoms with Crippen LogP contribution < -0.4 is 5.32 Å². The molecule has 0 saturated heterocycles. The largest absolute Gasteiger partial charge is 0.459 e. The number of benzene rings is 1. The van der Waals surface area contributed by atoms with E-state index in [0.717, 1.165) is 5.56 Å². The van der Waals surface area contributed by atoms with E-state index in [1.807, 2.05) is 13.0 Å². The maximum atomic E-state index is 12.8. The minimum Gasteiger partial charge on any atom is -0.459 e. The lowest BCUT2D eigenvalue weighted by Gasteiger charge is -2.25. The fourth-order valence-corrected chi connectivity index (χ4v) is 3.95. The highest BCUT2D eigenvalue weighted by molar-refractivity contribution is 7.18. The third-order valence-electron chi connectivity index (χ3n) is 4.11. The molecule has 3 aromatic rings. The molecule has 0 spiro atoms. The number of thiophene rings is 1. The van der Waals surface area contributed by atoms with Crippen LogP contribution in [0.15, 0.2) is 53.1 Å². The minimum absolute atomic E-state index is 0.169. The quantitative estimate of drug-likeness (QED) is 0.570. The summed E-state index contributed by atoms with van der Waals surface area (Å²) in [6.07, 6.45) is 1.43. The molecule has 1 aromatic carbocycles. The van der Waals surface area contributed by atoms with E-state index in [4.69, 9.17) is 27.6 Å². The lowest BCUT2D eigenvalue weighted by Crippen LogP contribution is -2.29. The van der Waals surface area contributed by atoms with E-state index >= 15 is 0 Å². The molecule has 0 bridgehead atoms. The topological polar surface area (TPSA) is 62.6 Å². The van der Waals surface area contributed by atoms with Crippen molar-refractivity contribution in [1.29, 1.82) is 0 Å². The van der Waals surface area contributed by atoms with Crippen LogP contribution in [0.3, 0.4) is 0 Å². The molecule has 3 rings (SSSR count). The van der Waals surface area contributed by atoms with E-state index in [9.17, 15) is 9.59 Å². The fraction of sp³-hybridized carbons (Fsp3) is 0.158. The smallest absolute Gasteiger partial charge is 0.291 e. The Balaban J connectivity index is 1.72. The average Bonchev–Trinajstić information content (AvgIpc) is 3.32. The SMILES string of the molecule is CC(c1ccc(Cl)cc1Cl)N(C)C(=O)c1ccc(NC(=O)c2ccco2)s1. The molecule has 0 saturated carbocycles. The Morgan fingerprint density at radius 1 is 1.19 bits per heavy atom. The predicted molar refractivity (Wildman–Crippen MR) is 108 cm³/mol. The first-order valence-corrected chi connectivity index (χ1v) is 9.61. The number of carbonyl (C=O) groups excluding carboxylic acids is 2. The van der Waals surface area contributed by atoms with Gasteiger partial charge in [-0.3, -0.25) is 9.59 Å². The molecule has 2 heterocycles. The van der Waals surface area contributed by atoms with E-state index in [1.54, 1.807) is 48.3 Å². The van der Waals surface area contributed by atoms with E-state index < -0.39 is 0 Å². The zero-order chi connectivity index (χ0) is 19.6. The van der Waals surface area contributed by atoms with Crippen LogP contribution in [-0.2, 0) is 0 Å². The van der Waals surface area contributed by atoms with Crippen molar-refractivity contribution >= 4 is 51.4 Å². The van der Waals surface area contributed by atoms with Gasteiger partial charge < -0.3 is 14.6 Å². The maximum Gasteiger partial charge on any atom is 0.291 e. The number of carbonyl (C=O) groups is 2. The van der Waals surface area contributed by atoms with E-state index in [2.05, 4.69) is 5.32 Å². The maximum absolute atomic E-state index is 12.8. The second-order valence-corrected chi connectivity index (χ2v) is 7.78. The zero-order valence-corrected chi connectivity index (χ0v) is 16.9. The number of hydrogen-bond acceptors (Lipinski definition) is 4. The Labute approximate surface area is 170 Å². The first kappa shape index (κ1) is 19.5. The summed E-state index contributed by atoms with van der Waals surface area (Å²) in [6, 6.07) is 11.5. The second kappa shape index (κ2) is 8.17. The van der Waals surface area contributed by atoms with Crippen molar-refractivity contribution in [3.63, 3.8) is 0 Å². The summed E-state index contributed by atoms with van der Waals surface area (Å²) >= 11 is 13.4. The summed E-state index contributed by atoms with van der Waals surface area (Å²) in [4.78, 5) is 26.9. The Morgan fingerprint density at radius 3 is 2.63 bits per heavy atom. The zero-order valence-electron chi connectivity index (χ0n) is 14.5. The van der Waals surface area contributed by atoms with Gasteiger partial charge in [0.1, 0.15) is 0 Å². The molecule has 1 atom stereocenters. The summed E-state index contributed by atoms with van der Waals surface area (Å²) in [7, 11) is 1.71. The normalized spacial score (nSPS) is 11.9. The van der Waals surface area contributed by atoms with Crippen molar-refractivity contribution in [2.45, 2.75) is 13.0 Å². The van der Waals surface area contributed by atoms with E-state index in [1.165, 1.54) is 17.6 Å². The summed E-state index contributed by atoms with van der Waals surface area (Å²) in [5, 5.41) is 4.32. The van der Waals surface area contributed by atoms with Crippen LogP contribution in [0.1, 0.15) is 38.8 Å². The molecule has 1 N–H and O–H groups in total. The summed E-state index contributed by atoms with van der Waals surface area (Å²) in [6.45, 7) is 1.89. The average molecular weight is 423 g/mol. The summed E-state index contributed by atoms with van der Waals surface area (Å²) in [5.74, 6) is -0.327. The lowest BCUT2D eigenvalue weighted by molar-refractivity contribution is 0.0747. The Bertz CT molecular complexity index is 969. The first-order valence-electron chi connectivity index (χ1n) is 8.03. The van der Waals surface area contributed by atoms with E-state index in [0.29, 0.717) is 19.9 Å². The molecule has 5 nitrogen and oxygen atoms in total. The number of amides is 2. The van der Waals surface area contributed by atoms with Gasteiger partial charge in [0.15, 0.2) is 5.76 Å². The van der Waals surface area contributed by atoms with Crippen molar-refractivity contribution in [2.24, 2.45) is 0 Å². The van der Waals surface area contributed by atoms with Crippen LogP contribution in [0.4, 0.5) is 5.00 Å². The Hall–Kier alpha value is -2.28. The van der Waals surface area contributed by atoms with Crippen LogP contribution in [-0.4, -0.2) is 23.8 Å². The van der Waals surface area contributed by atoms with Crippen LogP contribution >= 0.6 is 34.5 Å². The highest BCUT2D eigenvalue weighted by Crippen LogP contribution is 2.31. The third-order valence-corrected chi connectivity index (χ3v) is 5.66. The van der Waals surface area contributed by atoms with Crippen LogP contribution in [0, 0.1) is 0 Å². The van der Waals surface area contributed by atoms with Crippen molar-refractivity contribution in [3.05, 3.63) is 75.0 Å². The highest BCUT2D eigenvalue weighted by Gasteiger charge is 2.22. The second-order valence-electron chi connectivity index (χ2n) is 5.85. The number of anilines is 1. The number of nitrogens with zero attached hydrogens (tertiary/aromatic N) is 1. The standard InChI is InChI=1S/C19H16Cl2N2O3S/c1-11(13-6-5-12(20)10-14(13)21)23(2)19(25)16-7-8-17(27-16)22-18(24)15-4-3-9-26-15/h3-11H,1-2H3,(H,22,24). The molecule has 2 amide bonds. The molecule has 0 radical (unpaired) electrons. The van der Waals surface area contributed by atoms with Crippen molar-refractivity contribution in [1.82, 2.24) is 4.90 Å². The molecular formula is C19H16Cl2N2O3S. The van der Waals surface area contributed by atoms with Gasteiger partial charge in [0, 0.05) is 17.1 Å². The monoisotopic (exact) mass is 422 g/mol. The molecule has 0 aliphatic heterocycles. The number of hydrogen-bond donors (Lipinski definition) is 1. The fourth-order valence-electron chi connectivity index (χ4n) is 2.50. The van der Waals surface area contributed by atoms with Gasteiger partial charge in [-0.25, -0.2) is 0 Å². The first-order chi connectivity index (χ1) is 12.9. The summed E-state index contributed by atoms with van der Waals surface area (Å²) < 4.78 is 5.06. The highest BCUT2D eigenvalue weighted by atomic mass is 35.5. The van der Waals surface area contributed by atoms with Crippen molar-refractivity contribution in [3.8, 4) is 0 Å². The van der Waals surface area contributed by atoms with Gasteiger partial charge in [-0.2, -0.15) is 0 Å². The number of halogens is 2. The van der Waals surface area contributed by atoms with Crippen molar-refractivity contribution in [2.75, 3.05) is 12.4 Å². The van der Waals surface area contributed by atoms with Gasteiger partial charge in [0.05, 0.1) is 22.2 Å². The molecule has 0 aliphatic carbocycles. The molecule has 27 heavy (non-hydrogen) atoms. The molecule has 140 valence electrons.